The van der Waals surface area contributed by atoms with Gasteiger partial charge in [-0.05, 0) is 87.1 Å². The Morgan fingerprint density at radius 3 is 2.54 bits per heavy atom. The van der Waals surface area contributed by atoms with E-state index in [1.165, 1.54) is 12.8 Å². The molecule has 0 unspecified atom stereocenters. The van der Waals surface area contributed by atoms with Crippen LogP contribution in [0.1, 0.15) is 67.8 Å². The van der Waals surface area contributed by atoms with E-state index in [9.17, 15) is 9.59 Å². The van der Waals surface area contributed by atoms with Crippen molar-refractivity contribution < 1.29 is 14.3 Å². The number of benzene rings is 2. The van der Waals surface area contributed by atoms with Gasteiger partial charge in [-0.3, -0.25) is 9.59 Å². The van der Waals surface area contributed by atoms with Gasteiger partial charge < -0.3 is 19.9 Å². The van der Waals surface area contributed by atoms with Gasteiger partial charge in [-0.1, -0.05) is 36.2 Å². The maximum Gasteiger partial charge on any atom is 0.260 e. The van der Waals surface area contributed by atoms with Crippen LogP contribution in [0.2, 0.25) is 5.02 Å². The number of halogens is 1. The molecule has 0 aromatic heterocycles. The Morgan fingerprint density at radius 2 is 1.76 bits per heavy atom. The SMILES string of the molecule is C[C@H]1Oc2ccccc2CCCCC2(CCN(C(=O)c3cc(N4CCCC4)ccc3Cl)CC2)CNC1=O. The summed E-state index contributed by atoms with van der Waals surface area (Å²) >= 11 is 6.50. The fraction of sp³-hybridized carbons (Fsp3) is 0.533. The first-order valence-electron chi connectivity index (χ1n) is 13.8. The summed E-state index contributed by atoms with van der Waals surface area (Å²) < 4.78 is 6.03. The monoisotopic (exact) mass is 523 g/mol. The Labute approximate surface area is 225 Å². The molecule has 2 amide bonds. The summed E-state index contributed by atoms with van der Waals surface area (Å²) in [6, 6.07) is 13.9. The van der Waals surface area contributed by atoms with Crippen LogP contribution in [-0.4, -0.2) is 55.5 Å². The van der Waals surface area contributed by atoms with E-state index in [0.29, 0.717) is 30.2 Å². The van der Waals surface area contributed by atoms with E-state index in [4.69, 9.17) is 16.3 Å². The normalized spacial score (nSPS) is 22.4. The second-order valence-corrected chi connectivity index (χ2v) is 11.4. The summed E-state index contributed by atoms with van der Waals surface area (Å²) in [7, 11) is 0. The Kier molecular flexibility index (Phi) is 7.94. The number of carbonyl (C=O) groups is 2. The lowest BCUT2D eigenvalue weighted by atomic mass is 9.74. The number of anilines is 1. The van der Waals surface area contributed by atoms with Gasteiger partial charge >= 0.3 is 0 Å². The predicted octanol–water partition coefficient (Wildman–Crippen LogP) is 5.47. The largest absolute Gasteiger partial charge is 0.481 e. The van der Waals surface area contributed by atoms with E-state index in [-0.39, 0.29) is 17.2 Å². The number of amides is 2. The number of piperidine rings is 1. The molecule has 2 aromatic carbocycles. The first kappa shape index (κ1) is 25.9. The summed E-state index contributed by atoms with van der Waals surface area (Å²) in [5, 5.41) is 3.69. The summed E-state index contributed by atoms with van der Waals surface area (Å²) in [4.78, 5) is 30.7. The summed E-state index contributed by atoms with van der Waals surface area (Å²) in [5.41, 5.74) is 2.83. The third kappa shape index (κ3) is 5.90. The van der Waals surface area contributed by atoms with Crippen molar-refractivity contribution in [3.8, 4) is 5.75 Å². The van der Waals surface area contributed by atoms with Gasteiger partial charge in [-0.15, -0.1) is 0 Å². The van der Waals surface area contributed by atoms with Crippen LogP contribution in [0.15, 0.2) is 42.5 Å². The van der Waals surface area contributed by atoms with Crippen molar-refractivity contribution >= 4 is 29.1 Å². The van der Waals surface area contributed by atoms with Crippen LogP contribution in [0, 0.1) is 5.41 Å². The molecule has 2 saturated heterocycles. The van der Waals surface area contributed by atoms with Crippen LogP contribution in [-0.2, 0) is 11.2 Å². The number of aryl methyl sites for hydroxylation is 1. The van der Waals surface area contributed by atoms with Gasteiger partial charge in [0, 0.05) is 38.4 Å². The van der Waals surface area contributed by atoms with Gasteiger partial charge in [0.05, 0.1) is 10.6 Å². The van der Waals surface area contributed by atoms with Gasteiger partial charge in [-0.25, -0.2) is 0 Å². The number of hydrogen-bond donors (Lipinski definition) is 1. The number of nitrogens with one attached hydrogen (secondary N) is 1. The molecule has 7 heteroatoms. The maximum absolute atomic E-state index is 13.5. The van der Waals surface area contributed by atoms with E-state index in [1.807, 2.05) is 48.2 Å². The highest BCUT2D eigenvalue weighted by Gasteiger charge is 2.37. The van der Waals surface area contributed by atoms with E-state index >= 15 is 0 Å². The second-order valence-electron chi connectivity index (χ2n) is 10.9. The Balaban J connectivity index is 1.26. The number of ether oxygens (including phenoxy) is 1. The number of fused-ring (bicyclic) bond motifs is 1. The molecule has 1 N–H and O–H groups in total. The van der Waals surface area contributed by atoms with Gasteiger partial charge in [0.15, 0.2) is 6.10 Å². The average molecular weight is 524 g/mol. The van der Waals surface area contributed by atoms with Crippen LogP contribution in [0.4, 0.5) is 5.69 Å². The molecular formula is C30H38ClN3O3. The molecule has 37 heavy (non-hydrogen) atoms. The molecule has 198 valence electrons. The molecular weight excluding hydrogens is 486 g/mol. The van der Waals surface area contributed by atoms with Crippen LogP contribution in [0.25, 0.3) is 0 Å². The highest BCUT2D eigenvalue weighted by Crippen LogP contribution is 2.38. The van der Waals surface area contributed by atoms with Crippen LogP contribution >= 0.6 is 11.6 Å². The lowest BCUT2D eigenvalue weighted by Gasteiger charge is -2.42. The zero-order chi connectivity index (χ0) is 25.8. The molecule has 0 bridgehead atoms. The van der Waals surface area contributed by atoms with Crippen molar-refractivity contribution in [1.29, 1.82) is 0 Å². The third-order valence-corrected chi connectivity index (χ3v) is 8.78. The maximum atomic E-state index is 13.5. The zero-order valence-corrected chi connectivity index (χ0v) is 22.6. The summed E-state index contributed by atoms with van der Waals surface area (Å²) in [6.45, 7) is 5.84. The molecule has 5 rings (SSSR count). The van der Waals surface area contributed by atoms with Crippen LogP contribution in [0.5, 0.6) is 5.75 Å². The van der Waals surface area contributed by atoms with E-state index in [1.54, 1.807) is 0 Å². The Morgan fingerprint density at radius 1 is 1.00 bits per heavy atom. The van der Waals surface area contributed by atoms with E-state index in [0.717, 1.165) is 68.6 Å². The smallest absolute Gasteiger partial charge is 0.260 e. The molecule has 2 fully saturated rings. The highest BCUT2D eigenvalue weighted by molar-refractivity contribution is 6.34. The van der Waals surface area contributed by atoms with Crippen molar-refractivity contribution in [3.63, 3.8) is 0 Å². The number of rotatable bonds is 2. The van der Waals surface area contributed by atoms with Crippen LogP contribution < -0.4 is 15.0 Å². The topological polar surface area (TPSA) is 61.9 Å². The lowest BCUT2D eigenvalue weighted by Crippen LogP contribution is -2.49. The molecule has 6 nitrogen and oxygen atoms in total. The van der Waals surface area contributed by atoms with Crippen molar-refractivity contribution in [2.45, 2.75) is 64.4 Å². The van der Waals surface area contributed by atoms with Crippen molar-refractivity contribution in [2.24, 2.45) is 5.41 Å². The highest BCUT2D eigenvalue weighted by atomic mass is 35.5. The quantitative estimate of drug-likeness (QED) is 0.566. The molecule has 2 aromatic rings. The molecule has 1 spiro atoms. The second kappa shape index (κ2) is 11.3. The third-order valence-electron chi connectivity index (χ3n) is 8.45. The molecule has 0 saturated carbocycles. The van der Waals surface area contributed by atoms with Gasteiger partial charge in [0.2, 0.25) is 0 Å². The first-order valence-corrected chi connectivity index (χ1v) is 14.2. The van der Waals surface area contributed by atoms with E-state index < -0.39 is 6.10 Å². The number of carbonyl (C=O) groups excluding carboxylic acids is 2. The number of hydrogen-bond acceptors (Lipinski definition) is 4. The average Bonchev–Trinajstić information content (AvgIpc) is 3.46. The lowest BCUT2D eigenvalue weighted by molar-refractivity contribution is -0.128. The number of para-hydroxylation sites is 1. The van der Waals surface area contributed by atoms with Crippen molar-refractivity contribution in [3.05, 3.63) is 58.6 Å². The van der Waals surface area contributed by atoms with Crippen molar-refractivity contribution in [1.82, 2.24) is 10.2 Å². The Bertz CT molecular complexity index is 1120. The summed E-state index contributed by atoms with van der Waals surface area (Å²) in [6.07, 6.45) is 7.70. The van der Waals surface area contributed by atoms with E-state index in [2.05, 4.69) is 16.3 Å². The molecule has 0 radical (unpaired) electrons. The molecule has 0 aliphatic carbocycles. The first-order chi connectivity index (χ1) is 17.9. The van der Waals surface area contributed by atoms with Crippen LogP contribution in [0.3, 0.4) is 0 Å². The zero-order valence-electron chi connectivity index (χ0n) is 21.8. The minimum atomic E-state index is -0.552. The number of likely N-dealkylation sites (tertiary alicyclic amines) is 1. The molecule has 3 heterocycles. The predicted molar refractivity (Wildman–Crippen MR) is 148 cm³/mol. The van der Waals surface area contributed by atoms with Gasteiger partial charge in [0.1, 0.15) is 5.75 Å². The molecule has 3 aliphatic rings. The van der Waals surface area contributed by atoms with Gasteiger partial charge in [-0.2, -0.15) is 0 Å². The fourth-order valence-electron chi connectivity index (χ4n) is 6.02. The minimum absolute atomic E-state index is 0.00787. The summed E-state index contributed by atoms with van der Waals surface area (Å²) in [5.74, 6) is 0.732. The molecule has 1 atom stereocenters. The number of nitrogens with zero attached hydrogens (tertiary/aromatic N) is 2. The minimum Gasteiger partial charge on any atom is -0.481 e. The standard InChI is InChI=1S/C30H38ClN3O3/c1-22-28(35)32-21-30(13-5-4-9-23-8-2-3-10-27(23)37-22)14-18-34(19-15-30)29(36)25-20-24(11-12-26(25)31)33-16-6-7-17-33/h2-3,8,10-12,20,22H,4-7,9,13-19,21H2,1H3,(H,32,35)/t22-/m1/s1. The van der Waals surface area contributed by atoms with Gasteiger partial charge in [0.25, 0.3) is 11.8 Å². The fourth-order valence-corrected chi connectivity index (χ4v) is 6.22. The molecule has 3 aliphatic heterocycles. The van der Waals surface area contributed by atoms with Crippen molar-refractivity contribution in [2.75, 3.05) is 37.6 Å². The Hall–Kier alpha value is -2.73.